The maximum absolute atomic E-state index is 5.23. The van der Waals surface area contributed by atoms with Crippen molar-refractivity contribution in [2.45, 2.75) is 6.42 Å². The van der Waals surface area contributed by atoms with Gasteiger partial charge in [0.25, 0.3) is 5.95 Å². The van der Waals surface area contributed by atoms with E-state index in [2.05, 4.69) is 32.0 Å². The topological polar surface area (TPSA) is 88.8 Å². The Balaban J connectivity index is 2.05. The quantitative estimate of drug-likeness (QED) is 0.410. The molecule has 1 aromatic carbocycles. The number of rotatable bonds is 1. The van der Waals surface area contributed by atoms with E-state index in [0.717, 1.165) is 17.8 Å². The summed E-state index contributed by atoms with van der Waals surface area (Å²) in [6, 6.07) is 8.05. The molecule has 3 rings (SSSR count). The number of nitrogens with one attached hydrogen (secondary N) is 2. The lowest BCUT2D eigenvalue weighted by atomic mass is 10.0. The Hall–Kier alpha value is -2.21. The normalized spacial score (nSPS) is 12.3. The Morgan fingerprint density at radius 2 is 2.12 bits per heavy atom. The van der Waals surface area contributed by atoms with Gasteiger partial charge >= 0.3 is 0 Å². The van der Waals surface area contributed by atoms with Gasteiger partial charge in [0.05, 0.1) is 0 Å². The van der Waals surface area contributed by atoms with Gasteiger partial charge in [0.2, 0.25) is 0 Å². The average Bonchev–Trinajstić information content (AvgIpc) is 2.35. The van der Waals surface area contributed by atoms with Gasteiger partial charge < -0.3 is 5.32 Å². The first-order valence-corrected chi connectivity index (χ1v) is 4.92. The van der Waals surface area contributed by atoms with Gasteiger partial charge in [-0.3, -0.25) is 5.43 Å². The van der Waals surface area contributed by atoms with Crippen LogP contribution in [0, 0.1) is 0 Å². The predicted molar refractivity (Wildman–Crippen MR) is 60.2 cm³/mol. The van der Waals surface area contributed by atoms with Crippen LogP contribution >= 0.6 is 0 Å². The minimum absolute atomic E-state index is 0.311. The fourth-order valence-corrected chi connectivity index (χ4v) is 1.73. The number of aromatic nitrogens is 3. The largest absolute Gasteiger partial charge is 0.338 e. The lowest BCUT2D eigenvalue weighted by Gasteiger charge is -2.18. The molecule has 1 aliphatic rings. The average molecular weight is 214 g/mol. The molecular weight excluding hydrogens is 204 g/mol. The second-order valence-corrected chi connectivity index (χ2v) is 3.53. The fraction of sp³-hybridized carbons (Fsp3) is 0.100. The molecule has 0 amide bonds. The summed E-state index contributed by atoms with van der Waals surface area (Å²) in [4.78, 5) is 4.21. The number of anilines is 3. The molecule has 1 aromatic heterocycles. The molecule has 0 saturated carbocycles. The van der Waals surface area contributed by atoms with Crippen LogP contribution in [0.1, 0.15) is 11.3 Å². The number of nitrogen functional groups attached to an aromatic ring is 1. The van der Waals surface area contributed by atoms with Crippen LogP contribution < -0.4 is 16.6 Å². The van der Waals surface area contributed by atoms with E-state index in [1.165, 1.54) is 5.56 Å². The summed E-state index contributed by atoms with van der Waals surface area (Å²) in [5.74, 6) is 6.26. The molecule has 0 fully saturated rings. The summed E-state index contributed by atoms with van der Waals surface area (Å²) in [7, 11) is 0. The lowest BCUT2D eigenvalue weighted by molar-refractivity contribution is 0.886. The Bertz CT molecular complexity index is 539. The number of benzene rings is 1. The summed E-state index contributed by atoms with van der Waals surface area (Å²) in [6.45, 7) is 0. The molecule has 1 aliphatic heterocycles. The molecule has 6 heteroatoms. The van der Waals surface area contributed by atoms with Gasteiger partial charge in [-0.15, -0.1) is 10.2 Å². The van der Waals surface area contributed by atoms with Crippen LogP contribution in [0.3, 0.4) is 0 Å². The van der Waals surface area contributed by atoms with Crippen LogP contribution in [-0.2, 0) is 6.42 Å². The van der Waals surface area contributed by atoms with Gasteiger partial charge in [-0.25, -0.2) is 5.84 Å². The van der Waals surface area contributed by atoms with Crippen LogP contribution in [0.15, 0.2) is 24.3 Å². The number of nitrogens with zero attached hydrogens (tertiary/aromatic N) is 3. The highest BCUT2D eigenvalue weighted by atomic mass is 15.4. The number of fused-ring (bicyclic) bond motifs is 2. The Labute approximate surface area is 91.9 Å². The molecule has 16 heavy (non-hydrogen) atoms. The highest BCUT2D eigenvalue weighted by Gasteiger charge is 2.17. The molecule has 2 aromatic rings. The van der Waals surface area contributed by atoms with Crippen LogP contribution in [0.5, 0.6) is 0 Å². The van der Waals surface area contributed by atoms with Crippen molar-refractivity contribution in [2.75, 3.05) is 10.7 Å². The highest BCUT2D eigenvalue weighted by Crippen LogP contribution is 2.29. The summed E-state index contributed by atoms with van der Waals surface area (Å²) in [5, 5.41) is 11.1. The number of para-hydroxylation sites is 1. The van der Waals surface area contributed by atoms with Crippen molar-refractivity contribution >= 4 is 17.5 Å². The molecular formula is C10H10N6. The Kier molecular flexibility index (Phi) is 1.94. The van der Waals surface area contributed by atoms with Gasteiger partial charge in [-0.2, -0.15) is 4.98 Å². The molecule has 0 spiro atoms. The van der Waals surface area contributed by atoms with Crippen molar-refractivity contribution in [3.63, 3.8) is 0 Å². The molecule has 6 nitrogen and oxygen atoms in total. The lowest BCUT2D eigenvalue weighted by Crippen LogP contribution is -2.16. The zero-order valence-corrected chi connectivity index (χ0v) is 8.44. The highest BCUT2D eigenvalue weighted by molar-refractivity contribution is 5.67. The minimum Gasteiger partial charge on any atom is -0.338 e. The van der Waals surface area contributed by atoms with Crippen molar-refractivity contribution in [1.29, 1.82) is 0 Å². The molecule has 0 saturated heterocycles. The van der Waals surface area contributed by atoms with Crippen molar-refractivity contribution in [1.82, 2.24) is 15.2 Å². The number of hydrazine groups is 1. The van der Waals surface area contributed by atoms with Crippen LogP contribution in [-0.4, -0.2) is 15.2 Å². The molecule has 0 unspecified atom stereocenters. The monoisotopic (exact) mass is 214 g/mol. The molecule has 0 aliphatic carbocycles. The first kappa shape index (κ1) is 9.05. The zero-order chi connectivity index (χ0) is 11.0. The number of nitrogens with two attached hydrogens (primary N) is 1. The van der Waals surface area contributed by atoms with Gasteiger partial charge in [0.1, 0.15) is 5.69 Å². The Morgan fingerprint density at radius 3 is 3.00 bits per heavy atom. The van der Waals surface area contributed by atoms with Gasteiger partial charge in [0, 0.05) is 12.1 Å². The van der Waals surface area contributed by atoms with E-state index in [9.17, 15) is 0 Å². The molecule has 4 N–H and O–H groups in total. The summed E-state index contributed by atoms with van der Waals surface area (Å²) >= 11 is 0. The number of hydrogen-bond donors (Lipinski definition) is 3. The van der Waals surface area contributed by atoms with E-state index < -0.39 is 0 Å². The minimum atomic E-state index is 0.311. The van der Waals surface area contributed by atoms with E-state index >= 15 is 0 Å². The second-order valence-electron chi connectivity index (χ2n) is 3.53. The van der Waals surface area contributed by atoms with Crippen molar-refractivity contribution in [3.8, 4) is 0 Å². The Morgan fingerprint density at radius 1 is 1.25 bits per heavy atom. The van der Waals surface area contributed by atoms with Gasteiger partial charge in [0.15, 0.2) is 5.82 Å². The fourth-order valence-electron chi connectivity index (χ4n) is 1.73. The van der Waals surface area contributed by atoms with Crippen molar-refractivity contribution in [3.05, 3.63) is 35.5 Å². The summed E-state index contributed by atoms with van der Waals surface area (Å²) in [5.41, 5.74) is 5.46. The first-order chi connectivity index (χ1) is 7.86. The van der Waals surface area contributed by atoms with Gasteiger partial charge in [-0.05, 0) is 11.6 Å². The second kappa shape index (κ2) is 3.42. The SMILES string of the molecule is NNc1nnc2c(n1)Nc1ccccc1C2. The predicted octanol–water partition coefficient (Wildman–Crippen LogP) is 0.805. The van der Waals surface area contributed by atoms with Crippen molar-refractivity contribution in [2.24, 2.45) is 5.84 Å². The molecule has 0 atom stereocenters. The smallest absolute Gasteiger partial charge is 0.258 e. The summed E-state index contributed by atoms with van der Waals surface area (Å²) in [6.07, 6.45) is 0.739. The number of hydrogen-bond acceptors (Lipinski definition) is 6. The maximum atomic E-state index is 5.23. The first-order valence-electron chi connectivity index (χ1n) is 4.92. The van der Waals surface area contributed by atoms with Crippen molar-refractivity contribution < 1.29 is 0 Å². The molecule has 0 bridgehead atoms. The third kappa shape index (κ3) is 1.36. The van der Waals surface area contributed by atoms with Crippen LogP contribution in [0.2, 0.25) is 0 Å². The summed E-state index contributed by atoms with van der Waals surface area (Å²) < 4.78 is 0. The zero-order valence-electron chi connectivity index (χ0n) is 8.44. The van der Waals surface area contributed by atoms with E-state index in [0.29, 0.717) is 11.8 Å². The van der Waals surface area contributed by atoms with E-state index in [1.807, 2.05) is 18.2 Å². The third-order valence-electron chi connectivity index (χ3n) is 2.51. The van der Waals surface area contributed by atoms with Crippen LogP contribution in [0.4, 0.5) is 17.5 Å². The van der Waals surface area contributed by atoms with Gasteiger partial charge in [-0.1, -0.05) is 18.2 Å². The maximum Gasteiger partial charge on any atom is 0.258 e. The van der Waals surface area contributed by atoms with E-state index in [4.69, 9.17) is 5.84 Å². The van der Waals surface area contributed by atoms with E-state index in [-0.39, 0.29) is 0 Å². The van der Waals surface area contributed by atoms with Crippen LogP contribution in [0.25, 0.3) is 0 Å². The molecule has 0 radical (unpaired) electrons. The third-order valence-corrected chi connectivity index (χ3v) is 2.51. The molecule has 80 valence electrons. The molecule has 2 heterocycles. The van der Waals surface area contributed by atoms with E-state index in [1.54, 1.807) is 0 Å². The standard InChI is InChI=1S/C10H10N6/c11-14-10-13-9-8(15-16-10)5-6-3-1-2-4-7(6)12-9/h1-4H,5,11H2,(H2,12,13,14,16).